The van der Waals surface area contributed by atoms with E-state index in [1.807, 2.05) is 6.07 Å². The Labute approximate surface area is 128 Å². The van der Waals surface area contributed by atoms with Crippen molar-refractivity contribution in [2.75, 3.05) is 5.73 Å². The van der Waals surface area contributed by atoms with Gasteiger partial charge in [-0.1, -0.05) is 17.7 Å². The van der Waals surface area contributed by atoms with Gasteiger partial charge in [-0.3, -0.25) is 0 Å². The lowest BCUT2D eigenvalue weighted by atomic mass is 10.1. The summed E-state index contributed by atoms with van der Waals surface area (Å²) >= 11 is 9.24. The molecule has 0 aliphatic rings. The van der Waals surface area contributed by atoms with Crippen LogP contribution in [0.2, 0.25) is 5.02 Å². The molecule has 0 radical (unpaired) electrons. The number of halogens is 3. The number of anilines is 1. The van der Waals surface area contributed by atoms with Gasteiger partial charge in [0.25, 0.3) is 0 Å². The molecule has 2 rings (SSSR count). The Balaban J connectivity index is 2.20. The number of nitrogen functional groups attached to an aromatic ring is 1. The highest BCUT2D eigenvalue weighted by Gasteiger charge is 2.10. The zero-order chi connectivity index (χ0) is 14.7. The van der Waals surface area contributed by atoms with Gasteiger partial charge in [-0.25, -0.2) is 4.39 Å². The van der Waals surface area contributed by atoms with Crippen LogP contribution in [0.5, 0.6) is 5.75 Å². The molecule has 3 nitrogen and oxygen atoms in total. The zero-order valence-corrected chi connectivity index (χ0v) is 12.5. The molecule has 0 bridgehead atoms. The molecular formula is C14H9BrClFN2O. The quantitative estimate of drug-likeness (QED) is 0.836. The molecule has 0 saturated heterocycles. The summed E-state index contributed by atoms with van der Waals surface area (Å²) in [6, 6.07) is 9.36. The molecule has 20 heavy (non-hydrogen) atoms. The highest BCUT2D eigenvalue weighted by atomic mass is 79.9. The standard InChI is InChI=1S/C14H9BrClFN2O/c15-11-4-10(17)5-13(19)14(11)20-7-9-2-1-8(6-18)3-12(9)16/h1-5H,7,19H2. The minimum atomic E-state index is -0.446. The summed E-state index contributed by atoms with van der Waals surface area (Å²) in [6.07, 6.45) is 0. The van der Waals surface area contributed by atoms with Crippen molar-refractivity contribution in [3.05, 3.63) is 56.8 Å². The van der Waals surface area contributed by atoms with Gasteiger partial charge < -0.3 is 10.5 Å². The number of nitrogens with two attached hydrogens (primary N) is 1. The number of nitriles is 1. The molecule has 0 fully saturated rings. The lowest BCUT2D eigenvalue weighted by molar-refractivity contribution is 0.305. The van der Waals surface area contributed by atoms with Gasteiger partial charge in [0.2, 0.25) is 0 Å². The summed E-state index contributed by atoms with van der Waals surface area (Å²) in [6.45, 7) is 0.166. The molecule has 0 atom stereocenters. The van der Waals surface area contributed by atoms with Gasteiger partial charge in [-0.15, -0.1) is 0 Å². The van der Waals surface area contributed by atoms with Crippen LogP contribution in [0.4, 0.5) is 10.1 Å². The van der Waals surface area contributed by atoms with Crippen molar-refractivity contribution in [1.29, 1.82) is 5.26 Å². The van der Waals surface area contributed by atoms with E-state index in [1.54, 1.807) is 18.2 Å². The van der Waals surface area contributed by atoms with Gasteiger partial charge in [-0.05, 0) is 34.1 Å². The number of nitrogens with zero attached hydrogens (tertiary/aromatic N) is 1. The van der Waals surface area contributed by atoms with E-state index in [4.69, 9.17) is 27.3 Å². The van der Waals surface area contributed by atoms with Crippen molar-refractivity contribution >= 4 is 33.2 Å². The van der Waals surface area contributed by atoms with Gasteiger partial charge in [0.05, 0.1) is 21.8 Å². The van der Waals surface area contributed by atoms with Crippen LogP contribution in [0.1, 0.15) is 11.1 Å². The molecule has 2 aromatic rings. The first-order valence-corrected chi connectivity index (χ1v) is 6.74. The summed E-state index contributed by atoms with van der Waals surface area (Å²) in [7, 11) is 0. The number of rotatable bonds is 3. The average Bonchev–Trinajstić information content (AvgIpc) is 2.39. The van der Waals surface area contributed by atoms with Crippen molar-refractivity contribution in [3.63, 3.8) is 0 Å². The van der Waals surface area contributed by atoms with E-state index in [0.29, 0.717) is 26.4 Å². The third kappa shape index (κ3) is 3.21. The van der Waals surface area contributed by atoms with Gasteiger partial charge in [0.1, 0.15) is 12.4 Å². The molecule has 0 aliphatic heterocycles. The Hall–Kier alpha value is -1.77. The first-order valence-electron chi connectivity index (χ1n) is 5.57. The van der Waals surface area contributed by atoms with E-state index < -0.39 is 5.82 Å². The molecule has 0 aliphatic carbocycles. The molecule has 0 spiro atoms. The van der Waals surface area contributed by atoms with Gasteiger partial charge in [-0.2, -0.15) is 5.26 Å². The molecule has 0 aromatic heterocycles. The third-order valence-electron chi connectivity index (χ3n) is 2.59. The topological polar surface area (TPSA) is 59.0 Å². The lowest BCUT2D eigenvalue weighted by Crippen LogP contribution is -2.01. The smallest absolute Gasteiger partial charge is 0.157 e. The summed E-state index contributed by atoms with van der Waals surface area (Å²) in [5, 5.41) is 9.19. The van der Waals surface area contributed by atoms with Crippen molar-refractivity contribution in [2.24, 2.45) is 0 Å². The summed E-state index contributed by atoms with van der Waals surface area (Å²) < 4.78 is 19.1. The Morgan fingerprint density at radius 1 is 1.35 bits per heavy atom. The van der Waals surface area contributed by atoms with E-state index in [0.717, 1.165) is 0 Å². The van der Waals surface area contributed by atoms with Crippen LogP contribution in [0.15, 0.2) is 34.8 Å². The molecule has 0 heterocycles. The minimum Gasteiger partial charge on any atom is -0.485 e. The first-order chi connectivity index (χ1) is 9.51. The summed E-state index contributed by atoms with van der Waals surface area (Å²) in [5.74, 6) is -0.0926. The number of hydrogen-bond acceptors (Lipinski definition) is 3. The van der Waals surface area contributed by atoms with Crippen LogP contribution >= 0.6 is 27.5 Å². The van der Waals surface area contributed by atoms with Crippen LogP contribution in [0.3, 0.4) is 0 Å². The fourth-order valence-corrected chi connectivity index (χ4v) is 2.41. The summed E-state index contributed by atoms with van der Waals surface area (Å²) in [5.41, 5.74) is 7.08. The Morgan fingerprint density at radius 2 is 2.10 bits per heavy atom. The van der Waals surface area contributed by atoms with Crippen LogP contribution in [-0.4, -0.2) is 0 Å². The molecule has 0 amide bonds. The van der Waals surface area contributed by atoms with Crippen molar-refractivity contribution in [2.45, 2.75) is 6.61 Å². The number of benzene rings is 2. The largest absolute Gasteiger partial charge is 0.485 e. The van der Waals surface area contributed by atoms with Crippen LogP contribution in [0, 0.1) is 17.1 Å². The number of hydrogen-bond donors (Lipinski definition) is 1. The van der Waals surface area contributed by atoms with E-state index in [-0.39, 0.29) is 12.3 Å². The maximum Gasteiger partial charge on any atom is 0.157 e. The molecule has 0 saturated carbocycles. The summed E-state index contributed by atoms with van der Waals surface area (Å²) in [4.78, 5) is 0. The molecule has 2 aromatic carbocycles. The fraction of sp³-hybridized carbons (Fsp3) is 0.0714. The Kier molecular flexibility index (Phi) is 4.48. The molecule has 2 N–H and O–H groups in total. The molecule has 6 heteroatoms. The third-order valence-corrected chi connectivity index (χ3v) is 3.53. The van der Waals surface area contributed by atoms with Crippen molar-refractivity contribution in [1.82, 2.24) is 0 Å². The second kappa shape index (κ2) is 6.12. The monoisotopic (exact) mass is 354 g/mol. The predicted octanol–water partition coefficient (Wildman–Crippen LogP) is 4.27. The predicted molar refractivity (Wildman–Crippen MR) is 79.0 cm³/mol. The number of ether oxygens (including phenoxy) is 1. The van der Waals surface area contributed by atoms with Gasteiger partial charge in [0, 0.05) is 16.7 Å². The molecule has 102 valence electrons. The second-order valence-corrected chi connectivity index (χ2v) is 5.27. The van der Waals surface area contributed by atoms with Crippen molar-refractivity contribution in [3.8, 4) is 11.8 Å². The van der Waals surface area contributed by atoms with Crippen LogP contribution < -0.4 is 10.5 Å². The maximum absolute atomic E-state index is 13.1. The maximum atomic E-state index is 13.1. The highest BCUT2D eigenvalue weighted by molar-refractivity contribution is 9.10. The van der Waals surface area contributed by atoms with Crippen LogP contribution in [0.25, 0.3) is 0 Å². The van der Waals surface area contributed by atoms with Crippen LogP contribution in [-0.2, 0) is 6.61 Å². The highest BCUT2D eigenvalue weighted by Crippen LogP contribution is 2.33. The SMILES string of the molecule is N#Cc1ccc(COc2c(N)cc(F)cc2Br)c(Cl)c1. The molecular weight excluding hydrogens is 347 g/mol. The normalized spacial score (nSPS) is 10.1. The minimum absolute atomic E-state index is 0.166. The van der Waals surface area contributed by atoms with Crippen molar-refractivity contribution < 1.29 is 9.13 Å². The Morgan fingerprint density at radius 3 is 2.70 bits per heavy atom. The van der Waals surface area contributed by atoms with Gasteiger partial charge in [0.15, 0.2) is 5.75 Å². The average molecular weight is 356 g/mol. The zero-order valence-electron chi connectivity index (χ0n) is 10.2. The van der Waals surface area contributed by atoms with E-state index in [2.05, 4.69) is 15.9 Å². The first kappa shape index (κ1) is 14.6. The lowest BCUT2D eigenvalue weighted by Gasteiger charge is -2.12. The van der Waals surface area contributed by atoms with Gasteiger partial charge >= 0.3 is 0 Å². The fourth-order valence-electron chi connectivity index (χ4n) is 1.62. The Bertz CT molecular complexity index is 677. The second-order valence-electron chi connectivity index (χ2n) is 4.01. The molecule has 0 unspecified atom stereocenters. The van der Waals surface area contributed by atoms with E-state index >= 15 is 0 Å². The van der Waals surface area contributed by atoms with E-state index in [1.165, 1.54) is 12.1 Å². The van der Waals surface area contributed by atoms with E-state index in [9.17, 15) is 4.39 Å².